The van der Waals surface area contributed by atoms with Gasteiger partial charge in [-0.1, -0.05) is 6.92 Å². The molecule has 1 unspecified atom stereocenters. The molecule has 4 rings (SSSR count). The van der Waals surface area contributed by atoms with Gasteiger partial charge in [-0.25, -0.2) is 0 Å². The molecule has 0 aromatic carbocycles. The number of hydrogen-bond donors (Lipinski definition) is 1. The minimum Gasteiger partial charge on any atom is -0.479 e. The molecule has 3 aromatic rings. The zero-order valence-corrected chi connectivity index (χ0v) is 11.7. The summed E-state index contributed by atoms with van der Waals surface area (Å²) in [5, 5.41) is 10.1. The Kier molecular flexibility index (Phi) is 2.75. The second kappa shape index (κ2) is 4.75. The maximum Gasteiger partial charge on any atom is 0.155 e. The number of furan rings is 1. The Morgan fingerprint density at radius 3 is 3.19 bits per heavy atom. The van der Waals surface area contributed by atoms with Crippen molar-refractivity contribution in [2.75, 3.05) is 0 Å². The molecule has 1 N–H and O–H groups in total. The Morgan fingerprint density at radius 1 is 1.38 bits per heavy atom. The molecule has 0 aliphatic carbocycles. The number of nitrogens with zero attached hydrogens (tertiary/aromatic N) is 4. The second-order valence-corrected chi connectivity index (χ2v) is 5.06. The van der Waals surface area contributed by atoms with Crippen LogP contribution in [0.25, 0.3) is 22.4 Å². The maximum absolute atomic E-state index is 5.53. The molecule has 0 saturated heterocycles. The molecule has 6 heteroatoms. The summed E-state index contributed by atoms with van der Waals surface area (Å²) in [6.45, 7) is 2.78. The summed E-state index contributed by atoms with van der Waals surface area (Å²) in [7, 11) is 0. The molecular weight excluding hydrogens is 266 g/mol. The third kappa shape index (κ3) is 2.09. The van der Waals surface area contributed by atoms with Crippen LogP contribution in [-0.2, 0) is 13.1 Å². The highest BCUT2D eigenvalue weighted by Gasteiger charge is 2.12. The van der Waals surface area contributed by atoms with E-state index in [0.29, 0.717) is 6.67 Å². The van der Waals surface area contributed by atoms with Gasteiger partial charge in [-0.15, -0.1) is 5.10 Å². The van der Waals surface area contributed by atoms with E-state index in [2.05, 4.69) is 34.0 Å². The van der Waals surface area contributed by atoms with E-state index in [1.807, 2.05) is 18.5 Å². The Labute approximate surface area is 121 Å². The average molecular weight is 281 g/mol. The number of fused-ring (bicyclic) bond motifs is 2. The number of nitrogens with one attached hydrogen (secondary N) is 1. The topological polar surface area (TPSA) is 62.4 Å². The van der Waals surface area contributed by atoms with Gasteiger partial charge in [0.05, 0.1) is 24.4 Å². The molecule has 106 valence electrons. The smallest absolute Gasteiger partial charge is 0.155 e. The van der Waals surface area contributed by atoms with Crippen molar-refractivity contribution in [2.24, 2.45) is 0 Å². The molecule has 0 fully saturated rings. The number of aromatic nitrogens is 3. The Balaban J connectivity index is 1.58. The van der Waals surface area contributed by atoms with Crippen LogP contribution < -0.4 is 5.01 Å². The van der Waals surface area contributed by atoms with Crippen LogP contribution in [0.15, 0.2) is 41.5 Å². The molecule has 0 amide bonds. The van der Waals surface area contributed by atoms with Crippen molar-refractivity contribution in [2.45, 2.75) is 20.0 Å². The normalized spacial score (nSPS) is 16.9. The zero-order chi connectivity index (χ0) is 14.2. The number of quaternary nitrogens is 1. The summed E-state index contributed by atoms with van der Waals surface area (Å²) in [5.41, 5.74) is 7.64. The molecule has 21 heavy (non-hydrogen) atoms. The van der Waals surface area contributed by atoms with Crippen LogP contribution >= 0.6 is 0 Å². The van der Waals surface area contributed by atoms with Crippen LogP contribution in [-0.4, -0.2) is 14.8 Å². The lowest BCUT2D eigenvalue weighted by Gasteiger charge is -2.32. The molecule has 1 atom stereocenters. The van der Waals surface area contributed by atoms with Gasteiger partial charge < -0.3 is 19.4 Å². The summed E-state index contributed by atoms with van der Waals surface area (Å²) < 4.78 is 7.61. The average Bonchev–Trinajstić information content (AvgIpc) is 3.09. The molecule has 0 bridgehead atoms. The lowest BCUT2D eigenvalue weighted by Crippen LogP contribution is -3.02. The third-order valence-electron chi connectivity index (χ3n) is 3.62. The second-order valence-electron chi connectivity index (χ2n) is 5.06. The van der Waals surface area contributed by atoms with Crippen molar-refractivity contribution in [1.29, 1.82) is 0 Å². The van der Waals surface area contributed by atoms with Crippen LogP contribution in [0.5, 0.6) is 0 Å². The number of rotatable bonds is 3. The monoisotopic (exact) mass is 281 g/mol. The van der Waals surface area contributed by atoms with Gasteiger partial charge in [-0.3, -0.25) is 0 Å². The van der Waals surface area contributed by atoms with Gasteiger partial charge in [-0.2, -0.15) is 5.10 Å². The van der Waals surface area contributed by atoms with Crippen molar-refractivity contribution in [3.63, 3.8) is 0 Å². The number of aryl methyl sites for hydroxylation is 1. The van der Waals surface area contributed by atoms with Crippen molar-refractivity contribution in [3.05, 3.63) is 53.9 Å². The van der Waals surface area contributed by atoms with Gasteiger partial charge in [0.15, 0.2) is 6.67 Å². The summed E-state index contributed by atoms with van der Waals surface area (Å²) in [6.07, 6.45) is 12.5. The SMILES string of the molecule is CCc1occ2c1[N-][NH+](Cn1cc3ccnnc3c1)C=C2. The Hall–Kier alpha value is -2.60. The summed E-state index contributed by atoms with van der Waals surface area (Å²) >= 11 is 0. The van der Waals surface area contributed by atoms with E-state index in [-0.39, 0.29) is 0 Å². The highest BCUT2D eigenvalue weighted by atomic mass is 16.3. The van der Waals surface area contributed by atoms with Gasteiger partial charge in [0.1, 0.15) is 5.52 Å². The minimum absolute atomic E-state index is 0.709. The molecule has 1 aliphatic heterocycles. The van der Waals surface area contributed by atoms with Gasteiger partial charge in [0.2, 0.25) is 0 Å². The van der Waals surface area contributed by atoms with E-state index < -0.39 is 0 Å². The molecule has 6 nitrogen and oxygen atoms in total. The molecular formula is C15H15N5O. The van der Waals surface area contributed by atoms with Gasteiger partial charge in [0, 0.05) is 35.8 Å². The van der Waals surface area contributed by atoms with Crippen molar-refractivity contribution in [3.8, 4) is 0 Å². The Morgan fingerprint density at radius 2 is 2.33 bits per heavy atom. The lowest BCUT2D eigenvalue weighted by molar-refractivity contribution is -0.828. The third-order valence-corrected chi connectivity index (χ3v) is 3.62. The predicted octanol–water partition coefficient (Wildman–Crippen LogP) is 2.03. The molecule has 3 aromatic heterocycles. The van der Waals surface area contributed by atoms with Crippen LogP contribution in [0, 0.1) is 0 Å². The fourth-order valence-electron chi connectivity index (χ4n) is 2.57. The van der Waals surface area contributed by atoms with Crippen LogP contribution in [0.1, 0.15) is 18.2 Å². The van der Waals surface area contributed by atoms with Crippen molar-refractivity contribution >= 4 is 22.7 Å². The fraction of sp³-hybridized carbons (Fsp3) is 0.200. The summed E-state index contributed by atoms with van der Waals surface area (Å²) in [4.78, 5) is 0. The van der Waals surface area contributed by atoms with E-state index >= 15 is 0 Å². The standard InChI is InChI=1S/C15H15N5O/c1-2-14-15-12(9-21-14)4-6-20(18-15)10-19-7-11-3-5-16-17-13(11)8-19/h3-9,20H,2,10H2,1H3. The molecule has 0 spiro atoms. The summed E-state index contributed by atoms with van der Waals surface area (Å²) in [6, 6.07) is 1.96. The molecule has 0 radical (unpaired) electrons. The molecule has 1 aliphatic rings. The fourth-order valence-corrected chi connectivity index (χ4v) is 2.57. The minimum atomic E-state index is 0.709. The van der Waals surface area contributed by atoms with Gasteiger partial charge in [0.25, 0.3) is 0 Å². The molecule has 0 saturated carbocycles. The maximum atomic E-state index is 5.53. The van der Waals surface area contributed by atoms with Crippen LogP contribution in [0.4, 0.5) is 5.69 Å². The van der Waals surface area contributed by atoms with E-state index in [1.165, 1.54) is 0 Å². The van der Waals surface area contributed by atoms with Crippen LogP contribution in [0.2, 0.25) is 0 Å². The quantitative estimate of drug-likeness (QED) is 0.799. The Bertz CT molecular complexity index is 783. The van der Waals surface area contributed by atoms with Crippen molar-refractivity contribution < 1.29 is 9.43 Å². The number of hydrogen-bond acceptors (Lipinski definition) is 3. The zero-order valence-electron chi connectivity index (χ0n) is 11.7. The van der Waals surface area contributed by atoms with E-state index in [4.69, 9.17) is 9.84 Å². The van der Waals surface area contributed by atoms with Crippen LogP contribution in [0.3, 0.4) is 0 Å². The summed E-state index contributed by atoms with van der Waals surface area (Å²) in [5.74, 6) is 0.940. The first-order chi connectivity index (χ1) is 10.3. The van der Waals surface area contributed by atoms with Crippen molar-refractivity contribution in [1.82, 2.24) is 14.8 Å². The first kappa shape index (κ1) is 12.2. The van der Waals surface area contributed by atoms with Gasteiger partial charge >= 0.3 is 0 Å². The highest BCUT2D eigenvalue weighted by molar-refractivity contribution is 5.77. The first-order valence-corrected chi connectivity index (χ1v) is 6.96. The van der Waals surface area contributed by atoms with Gasteiger partial charge in [-0.05, 0) is 11.8 Å². The lowest BCUT2D eigenvalue weighted by atomic mass is 10.2. The highest BCUT2D eigenvalue weighted by Crippen LogP contribution is 2.31. The first-order valence-electron chi connectivity index (χ1n) is 6.96. The van der Waals surface area contributed by atoms with E-state index in [9.17, 15) is 0 Å². The van der Waals surface area contributed by atoms with E-state index in [1.54, 1.807) is 12.5 Å². The van der Waals surface area contributed by atoms with E-state index in [0.717, 1.165) is 39.3 Å². The molecule has 4 heterocycles. The largest absolute Gasteiger partial charge is 0.479 e. The predicted molar refractivity (Wildman–Crippen MR) is 78.6 cm³/mol.